The highest BCUT2D eigenvalue weighted by atomic mass is 32.2. The van der Waals surface area contributed by atoms with Gasteiger partial charge in [-0.2, -0.15) is 13.1 Å². The van der Waals surface area contributed by atoms with Gasteiger partial charge in [0.05, 0.1) is 12.0 Å². The summed E-state index contributed by atoms with van der Waals surface area (Å²) in [7, 11) is -2.21. The highest BCUT2D eigenvalue weighted by Gasteiger charge is 2.25. The number of amides is 1. The van der Waals surface area contributed by atoms with Crippen LogP contribution in [-0.2, 0) is 16.6 Å². The van der Waals surface area contributed by atoms with Crippen LogP contribution in [0.5, 0.6) is 11.5 Å². The Kier molecular flexibility index (Phi) is 7.45. The molecule has 0 unspecified atom stereocenters. The Balaban J connectivity index is 1.64. The molecule has 7 nitrogen and oxygen atoms in total. The molecule has 10 heteroatoms. The normalized spacial score (nSPS) is 15.0. The summed E-state index contributed by atoms with van der Waals surface area (Å²) in [5, 5.41) is 2.67. The standard InChI is InChI=1S/C21H24F2N2O5S/c1-29-18-10-7-16(13-19(18)30-21(22)23)20(26)24-14-15-5-8-17(9-6-15)31(27,28)25-11-3-2-4-12-25/h5-10,13,21H,2-4,11-12,14H2,1H3,(H,24,26). The van der Waals surface area contributed by atoms with Gasteiger partial charge in [-0.05, 0) is 48.7 Å². The van der Waals surface area contributed by atoms with Crippen LogP contribution < -0.4 is 14.8 Å². The van der Waals surface area contributed by atoms with Crippen molar-refractivity contribution in [3.8, 4) is 11.5 Å². The van der Waals surface area contributed by atoms with Gasteiger partial charge in [-0.1, -0.05) is 18.6 Å². The van der Waals surface area contributed by atoms with E-state index < -0.39 is 22.5 Å². The van der Waals surface area contributed by atoms with E-state index in [4.69, 9.17) is 4.74 Å². The number of carbonyl (C=O) groups is 1. The first kappa shape index (κ1) is 23.0. The molecule has 0 radical (unpaired) electrons. The predicted molar refractivity (Wildman–Crippen MR) is 110 cm³/mol. The number of halogens is 2. The smallest absolute Gasteiger partial charge is 0.387 e. The second-order valence-electron chi connectivity index (χ2n) is 7.04. The highest BCUT2D eigenvalue weighted by molar-refractivity contribution is 7.89. The molecule has 1 fully saturated rings. The summed E-state index contributed by atoms with van der Waals surface area (Å²) in [6, 6.07) is 10.3. The Morgan fingerprint density at radius 1 is 1.06 bits per heavy atom. The van der Waals surface area contributed by atoms with E-state index in [2.05, 4.69) is 10.1 Å². The fourth-order valence-electron chi connectivity index (χ4n) is 3.32. The van der Waals surface area contributed by atoms with E-state index in [1.165, 1.54) is 41.7 Å². The van der Waals surface area contributed by atoms with Crippen molar-refractivity contribution in [3.63, 3.8) is 0 Å². The van der Waals surface area contributed by atoms with Gasteiger partial charge in [-0.3, -0.25) is 4.79 Å². The van der Waals surface area contributed by atoms with E-state index in [1.807, 2.05) is 0 Å². The van der Waals surface area contributed by atoms with Crippen LogP contribution in [0.25, 0.3) is 0 Å². The molecule has 0 saturated carbocycles. The summed E-state index contributed by atoms with van der Waals surface area (Å²) in [6.07, 6.45) is 2.76. The fraction of sp³-hybridized carbons (Fsp3) is 0.381. The summed E-state index contributed by atoms with van der Waals surface area (Å²) >= 11 is 0. The monoisotopic (exact) mass is 454 g/mol. The maximum Gasteiger partial charge on any atom is 0.387 e. The molecule has 1 aliphatic heterocycles. The van der Waals surface area contributed by atoms with E-state index in [0.29, 0.717) is 18.7 Å². The highest BCUT2D eigenvalue weighted by Crippen LogP contribution is 2.29. The number of alkyl halides is 2. The molecule has 31 heavy (non-hydrogen) atoms. The Hall–Kier alpha value is -2.72. The number of nitrogens with zero attached hydrogens (tertiary/aromatic N) is 1. The van der Waals surface area contributed by atoms with Gasteiger partial charge in [-0.15, -0.1) is 0 Å². The van der Waals surface area contributed by atoms with Gasteiger partial charge in [-0.25, -0.2) is 8.42 Å². The maximum atomic E-state index is 12.7. The molecule has 168 valence electrons. The van der Waals surface area contributed by atoms with Crippen molar-refractivity contribution in [1.29, 1.82) is 0 Å². The van der Waals surface area contributed by atoms with Crippen molar-refractivity contribution in [2.24, 2.45) is 0 Å². The molecule has 0 spiro atoms. The van der Waals surface area contributed by atoms with Crippen molar-refractivity contribution in [2.75, 3.05) is 20.2 Å². The number of nitrogens with one attached hydrogen (secondary N) is 1. The van der Waals surface area contributed by atoms with Gasteiger partial charge in [0.15, 0.2) is 11.5 Å². The molecule has 3 rings (SSSR count). The third-order valence-electron chi connectivity index (χ3n) is 4.97. The largest absolute Gasteiger partial charge is 0.493 e. The summed E-state index contributed by atoms with van der Waals surface area (Å²) < 4.78 is 61.3. The molecule has 0 aliphatic carbocycles. The summed E-state index contributed by atoms with van der Waals surface area (Å²) in [5.74, 6) is -0.647. The number of hydrogen-bond donors (Lipinski definition) is 1. The fourth-order valence-corrected chi connectivity index (χ4v) is 4.84. The lowest BCUT2D eigenvalue weighted by atomic mass is 10.1. The van der Waals surface area contributed by atoms with Crippen LogP contribution in [0.1, 0.15) is 35.2 Å². The molecule has 2 aromatic rings. The van der Waals surface area contributed by atoms with Crippen LogP contribution in [0.3, 0.4) is 0 Å². The molecule has 1 amide bonds. The van der Waals surface area contributed by atoms with Crippen molar-refractivity contribution in [1.82, 2.24) is 9.62 Å². The Bertz CT molecular complexity index is 1010. The van der Waals surface area contributed by atoms with Crippen molar-refractivity contribution in [2.45, 2.75) is 37.3 Å². The van der Waals surface area contributed by atoms with Crippen molar-refractivity contribution < 1.29 is 31.5 Å². The number of hydrogen-bond acceptors (Lipinski definition) is 5. The van der Waals surface area contributed by atoms with E-state index in [9.17, 15) is 22.0 Å². The first-order chi connectivity index (χ1) is 14.8. The minimum Gasteiger partial charge on any atom is -0.493 e. The van der Waals surface area contributed by atoms with Crippen LogP contribution in [-0.4, -0.2) is 45.4 Å². The zero-order valence-corrected chi connectivity index (χ0v) is 17.8. The van der Waals surface area contributed by atoms with Crippen LogP contribution in [0.15, 0.2) is 47.4 Å². The molecule has 0 aromatic heterocycles. The molecular weight excluding hydrogens is 430 g/mol. The van der Waals surface area contributed by atoms with Crippen LogP contribution in [0, 0.1) is 0 Å². The van der Waals surface area contributed by atoms with Gasteiger partial charge in [0.1, 0.15) is 0 Å². The van der Waals surface area contributed by atoms with Gasteiger partial charge in [0, 0.05) is 25.2 Å². The van der Waals surface area contributed by atoms with E-state index in [0.717, 1.165) is 19.3 Å². The lowest BCUT2D eigenvalue weighted by Crippen LogP contribution is -2.35. The zero-order valence-electron chi connectivity index (χ0n) is 17.0. The summed E-state index contributed by atoms with van der Waals surface area (Å²) in [5.41, 5.74) is 0.823. The Labute approximate surface area is 180 Å². The minimum absolute atomic E-state index is 0.0855. The second-order valence-corrected chi connectivity index (χ2v) is 8.97. The summed E-state index contributed by atoms with van der Waals surface area (Å²) in [6.45, 7) is -1.86. The number of piperidine rings is 1. The number of carbonyl (C=O) groups excluding carboxylic acids is 1. The van der Waals surface area contributed by atoms with Gasteiger partial charge >= 0.3 is 6.61 Å². The number of methoxy groups -OCH3 is 1. The lowest BCUT2D eigenvalue weighted by Gasteiger charge is -2.25. The molecule has 2 aromatic carbocycles. The third-order valence-corrected chi connectivity index (χ3v) is 6.88. The average molecular weight is 454 g/mol. The minimum atomic E-state index is -3.52. The first-order valence-corrected chi connectivity index (χ1v) is 11.3. The molecule has 0 bridgehead atoms. The second kappa shape index (κ2) is 10.1. The zero-order chi connectivity index (χ0) is 22.4. The topological polar surface area (TPSA) is 84.9 Å². The van der Waals surface area contributed by atoms with Crippen LogP contribution in [0.4, 0.5) is 8.78 Å². The first-order valence-electron chi connectivity index (χ1n) is 9.81. The van der Waals surface area contributed by atoms with Gasteiger partial charge < -0.3 is 14.8 Å². The molecule has 1 saturated heterocycles. The van der Waals surface area contributed by atoms with Gasteiger partial charge in [0.2, 0.25) is 10.0 Å². The molecule has 0 atom stereocenters. The van der Waals surface area contributed by atoms with E-state index in [-0.39, 0.29) is 28.5 Å². The van der Waals surface area contributed by atoms with Crippen molar-refractivity contribution >= 4 is 15.9 Å². The maximum absolute atomic E-state index is 12.7. The molecule has 1 heterocycles. The molecular formula is C21H24F2N2O5S. The van der Waals surface area contributed by atoms with Crippen molar-refractivity contribution in [3.05, 3.63) is 53.6 Å². The Morgan fingerprint density at radius 2 is 1.74 bits per heavy atom. The summed E-state index contributed by atoms with van der Waals surface area (Å²) in [4.78, 5) is 12.6. The van der Waals surface area contributed by atoms with E-state index in [1.54, 1.807) is 12.1 Å². The van der Waals surface area contributed by atoms with Gasteiger partial charge in [0.25, 0.3) is 5.91 Å². The number of rotatable bonds is 8. The quantitative estimate of drug-likeness (QED) is 0.661. The number of benzene rings is 2. The Morgan fingerprint density at radius 3 is 2.35 bits per heavy atom. The SMILES string of the molecule is COc1ccc(C(=O)NCc2ccc(S(=O)(=O)N3CCCCC3)cc2)cc1OC(F)F. The average Bonchev–Trinajstić information content (AvgIpc) is 2.78. The lowest BCUT2D eigenvalue weighted by molar-refractivity contribution is -0.0512. The number of sulfonamides is 1. The third kappa shape index (κ3) is 5.71. The molecule has 1 N–H and O–H groups in total. The predicted octanol–water partition coefficient (Wildman–Crippen LogP) is 3.40. The van der Waals surface area contributed by atoms with Crippen LogP contribution >= 0.6 is 0 Å². The number of ether oxygens (including phenoxy) is 2. The van der Waals surface area contributed by atoms with Crippen LogP contribution in [0.2, 0.25) is 0 Å². The van der Waals surface area contributed by atoms with E-state index >= 15 is 0 Å². The molecule has 1 aliphatic rings.